The highest BCUT2D eigenvalue weighted by Gasteiger charge is 2.60. The van der Waals surface area contributed by atoms with Crippen LogP contribution < -0.4 is 5.56 Å². The zero-order valence-electron chi connectivity index (χ0n) is 18.1. The molecule has 0 bridgehead atoms. The maximum atomic E-state index is 12.9. The van der Waals surface area contributed by atoms with E-state index in [-0.39, 0.29) is 11.0 Å². The van der Waals surface area contributed by atoms with Gasteiger partial charge >= 0.3 is 6.18 Å². The Kier molecular flexibility index (Phi) is 5.56. The predicted octanol–water partition coefficient (Wildman–Crippen LogP) is 4.38. The van der Waals surface area contributed by atoms with Crippen molar-refractivity contribution in [3.05, 3.63) is 82.8 Å². The van der Waals surface area contributed by atoms with E-state index in [4.69, 9.17) is 0 Å². The summed E-state index contributed by atoms with van der Waals surface area (Å²) in [5.41, 5.74) is 1.71. The third kappa shape index (κ3) is 4.31. The lowest BCUT2D eigenvalue weighted by Crippen LogP contribution is -2.28. The van der Waals surface area contributed by atoms with Gasteiger partial charge in [0.15, 0.2) is 0 Å². The number of hydrogen-bond donors (Lipinski definition) is 0. The number of likely N-dealkylation sites (tertiary alicyclic amines) is 1. The fraction of sp³-hybridized carbons (Fsp3) is 0.400. The molecule has 5 nitrogen and oxygen atoms in total. The molecule has 2 fully saturated rings. The summed E-state index contributed by atoms with van der Waals surface area (Å²) >= 11 is 0. The molecular formula is C25H25F3N4O. The predicted molar refractivity (Wildman–Crippen MR) is 119 cm³/mol. The first-order valence-corrected chi connectivity index (χ1v) is 11.2. The van der Waals surface area contributed by atoms with Crippen LogP contribution in [0.15, 0.2) is 66.1 Å². The number of rotatable bonds is 7. The van der Waals surface area contributed by atoms with Gasteiger partial charge in [-0.15, -0.1) is 0 Å². The zero-order valence-corrected chi connectivity index (χ0v) is 18.1. The summed E-state index contributed by atoms with van der Waals surface area (Å²) in [6, 6.07) is 9.37. The number of benzene rings is 1. The largest absolute Gasteiger partial charge is 0.416 e. The number of unbranched alkanes of at least 4 members (excludes halogenated alkanes) is 1. The molecule has 0 spiro atoms. The van der Waals surface area contributed by atoms with E-state index < -0.39 is 11.7 Å². The molecule has 0 unspecified atom stereocenters. The van der Waals surface area contributed by atoms with Crippen LogP contribution in [0.25, 0.3) is 11.1 Å². The van der Waals surface area contributed by atoms with E-state index in [1.165, 1.54) is 18.5 Å². The zero-order chi connectivity index (χ0) is 23.1. The quantitative estimate of drug-likeness (QED) is 0.498. The van der Waals surface area contributed by atoms with Crippen LogP contribution >= 0.6 is 0 Å². The summed E-state index contributed by atoms with van der Waals surface area (Å²) < 4.78 is 40.3. The number of alkyl halides is 3. The van der Waals surface area contributed by atoms with Crippen molar-refractivity contribution in [2.24, 2.45) is 5.92 Å². The van der Waals surface area contributed by atoms with Crippen LogP contribution in [0.5, 0.6) is 0 Å². The normalized spacial score (nSPS) is 22.3. The number of halogens is 3. The molecule has 0 amide bonds. The van der Waals surface area contributed by atoms with Crippen LogP contribution in [0.1, 0.15) is 30.4 Å². The van der Waals surface area contributed by atoms with Gasteiger partial charge in [-0.1, -0.05) is 12.1 Å². The fourth-order valence-corrected chi connectivity index (χ4v) is 5.18. The van der Waals surface area contributed by atoms with Gasteiger partial charge in [-0.2, -0.15) is 13.2 Å². The first kappa shape index (κ1) is 21.8. The average molecular weight is 454 g/mol. The number of aryl methyl sites for hydroxylation is 1. The maximum Gasteiger partial charge on any atom is 0.416 e. The Morgan fingerprint density at radius 3 is 2.48 bits per heavy atom. The molecule has 0 N–H and O–H groups in total. The highest BCUT2D eigenvalue weighted by atomic mass is 19.4. The number of pyridine rings is 1. The summed E-state index contributed by atoms with van der Waals surface area (Å²) in [4.78, 5) is 23.2. The SMILES string of the molecule is O=c1c(-c2cncnc2)cccn1CCCCN1C[C@@H]2C[C@]2(c2ccc(C(F)(F)F)cc2)C1. The molecule has 1 aromatic carbocycles. The third-order valence-corrected chi connectivity index (χ3v) is 7.02. The van der Waals surface area contributed by atoms with Gasteiger partial charge in [0.25, 0.3) is 5.56 Å². The molecule has 5 rings (SSSR count). The lowest BCUT2D eigenvalue weighted by atomic mass is 9.94. The highest BCUT2D eigenvalue weighted by Crippen LogP contribution is 2.59. The van der Waals surface area contributed by atoms with E-state index in [9.17, 15) is 18.0 Å². The molecule has 2 aliphatic rings. The van der Waals surface area contributed by atoms with Crippen LogP contribution in [0.3, 0.4) is 0 Å². The van der Waals surface area contributed by atoms with Crippen molar-refractivity contribution in [3.63, 3.8) is 0 Å². The van der Waals surface area contributed by atoms with Gasteiger partial charge in [-0.25, -0.2) is 9.97 Å². The van der Waals surface area contributed by atoms with E-state index in [0.29, 0.717) is 23.6 Å². The Bertz CT molecular complexity index is 1180. The Morgan fingerprint density at radius 2 is 1.76 bits per heavy atom. The highest BCUT2D eigenvalue weighted by molar-refractivity contribution is 5.59. The summed E-state index contributed by atoms with van der Waals surface area (Å²) in [6.07, 6.45) is 5.12. The molecule has 1 saturated carbocycles. The molecule has 2 atom stereocenters. The first-order chi connectivity index (χ1) is 15.9. The topological polar surface area (TPSA) is 51.0 Å². The van der Waals surface area contributed by atoms with Crippen molar-refractivity contribution in [2.45, 2.75) is 37.4 Å². The monoisotopic (exact) mass is 454 g/mol. The number of hydrogen-bond acceptors (Lipinski definition) is 4. The molecule has 3 heterocycles. The summed E-state index contributed by atoms with van der Waals surface area (Å²) in [5.74, 6) is 0.529. The Balaban J connectivity index is 1.14. The molecule has 2 aromatic heterocycles. The van der Waals surface area contributed by atoms with Crippen molar-refractivity contribution >= 4 is 0 Å². The molecule has 0 radical (unpaired) electrons. The molecule has 3 aromatic rings. The van der Waals surface area contributed by atoms with Crippen LogP contribution in [-0.2, 0) is 18.1 Å². The molecule has 1 aliphatic heterocycles. The van der Waals surface area contributed by atoms with Crippen LogP contribution in [-0.4, -0.2) is 39.1 Å². The van der Waals surface area contributed by atoms with Crippen molar-refractivity contribution in [1.82, 2.24) is 19.4 Å². The summed E-state index contributed by atoms with van der Waals surface area (Å²) in [7, 11) is 0. The van der Waals surface area contributed by atoms with Gasteiger partial charge < -0.3 is 9.47 Å². The Hall–Kier alpha value is -3.00. The second kappa shape index (κ2) is 8.41. The van der Waals surface area contributed by atoms with Crippen molar-refractivity contribution < 1.29 is 13.2 Å². The van der Waals surface area contributed by atoms with E-state index in [1.807, 2.05) is 6.07 Å². The lowest BCUT2D eigenvalue weighted by Gasteiger charge is -2.21. The van der Waals surface area contributed by atoms with Crippen LogP contribution in [0, 0.1) is 5.92 Å². The molecule has 33 heavy (non-hydrogen) atoms. The smallest absolute Gasteiger partial charge is 0.315 e. The second-order valence-corrected chi connectivity index (χ2v) is 9.12. The van der Waals surface area contributed by atoms with E-state index in [1.54, 1.807) is 41.4 Å². The third-order valence-electron chi connectivity index (χ3n) is 7.02. The van der Waals surface area contributed by atoms with Gasteiger partial charge in [0.1, 0.15) is 6.33 Å². The summed E-state index contributed by atoms with van der Waals surface area (Å²) in [5, 5.41) is 0. The minimum absolute atomic E-state index is 0.0210. The second-order valence-electron chi connectivity index (χ2n) is 9.12. The van der Waals surface area contributed by atoms with Crippen molar-refractivity contribution in [1.29, 1.82) is 0 Å². The van der Waals surface area contributed by atoms with Crippen molar-refractivity contribution in [2.75, 3.05) is 19.6 Å². The number of fused-ring (bicyclic) bond motifs is 1. The maximum absolute atomic E-state index is 12.9. The van der Waals surface area contributed by atoms with Gasteiger partial charge in [-0.3, -0.25) is 4.79 Å². The number of nitrogens with zero attached hydrogens (tertiary/aromatic N) is 4. The van der Waals surface area contributed by atoms with Crippen molar-refractivity contribution in [3.8, 4) is 11.1 Å². The average Bonchev–Trinajstić information content (AvgIpc) is 3.39. The molecule has 1 saturated heterocycles. The van der Waals surface area contributed by atoms with Gasteiger partial charge in [0.2, 0.25) is 0 Å². The molecular weight excluding hydrogens is 429 g/mol. The lowest BCUT2D eigenvalue weighted by molar-refractivity contribution is -0.137. The van der Waals surface area contributed by atoms with Gasteiger partial charge in [0, 0.05) is 49.2 Å². The van der Waals surface area contributed by atoms with E-state index >= 15 is 0 Å². The Labute approximate surface area is 189 Å². The molecule has 172 valence electrons. The summed E-state index contributed by atoms with van der Waals surface area (Å²) in [6.45, 7) is 3.46. The van der Waals surface area contributed by atoms with Crippen LogP contribution in [0.4, 0.5) is 13.2 Å². The number of piperidine rings is 1. The van der Waals surface area contributed by atoms with Gasteiger partial charge in [0.05, 0.1) is 11.1 Å². The van der Waals surface area contributed by atoms with Crippen LogP contribution in [0.2, 0.25) is 0 Å². The minimum Gasteiger partial charge on any atom is -0.315 e. The molecule has 8 heteroatoms. The number of aromatic nitrogens is 3. The fourth-order valence-electron chi connectivity index (χ4n) is 5.18. The molecule has 1 aliphatic carbocycles. The van der Waals surface area contributed by atoms with E-state index in [2.05, 4.69) is 14.9 Å². The first-order valence-electron chi connectivity index (χ1n) is 11.2. The minimum atomic E-state index is -4.29. The standard InChI is InChI=1S/C25H25F3N4O/c26-25(27,28)20-7-5-19(6-8-20)24-12-21(24)15-31(16-24)9-1-2-10-32-11-3-4-22(23(32)33)18-13-29-17-30-14-18/h3-8,11,13-14,17,21H,1-2,9-10,12,15-16H2/t21-,24+/m0/s1. The van der Waals surface area contributed by atoms with Gasteiger partial charge in [-0.05, 0) is 61.6 Å². The van der Waals surface area contributed by atoms with E-state index in [0.717, 1.165) is 44.5 Å². The Morgan fingerprint density at radius 1 is 1.03 bits per heavy atom.